The summed E-state index contributed by atoms with van der Waals surface area (Å²) < 4.78 is 4.99. The fraction of sp³-hybridized carbons (Fsp3) is 0.867. The molecule has 0 rings (SSSR count). The van der Waals surface area contributed by atoms with Crippen LogP contribution in [0.3, 0.4) is 0 Å². The second-order valence-electron chi connectivity index (χ2n) is 7.49. The second-order valence-corrected chi connectivity index (χ2v) is 13.4. The lowest BCUT2D eigenvalue weighted by atomic mass is 9.84. The highest BCUT2D eigenvalue weighted by Gasteiger charge is 2.42. The molecule has 0 aromatic rings. The van der Waals surface area contributed by atoms with Crippen molar-refractivity contribution in [1.29, 1.82) is 0 Å². The minimum atomic E-state index is -0.852. The zero-order valence-corrected chi connectivity index (χ0v) is 19.4. The molecule has 0 fully saturated rings. The Morgan fingerprint density at radius 2 is 1.68 bits per heavy atom. The summed E-state index contributed by atoms with van der Waals surface area (Å²) in [6, 6.07) is 0. The summed E-state index contributed by atoms with van der Waals surface area (Å²) in [5.41, 5.74) is -0.851. The van der Waals surface area contributed by atoms with Gasteiger partial charge in [-0.1, -0.05) is 57.9 Å². The van der Waals surface area contributed by atoms with Gasteiger partial charge in [0.05, 0.1) is 0 Å². The number of esters is 1. The number of carbonyl (C=O) groups is 2. The maximum absolute atomic E-state index is 12.6. The van der Waals surface area contributed by atoms with E-state index in [0.29, 0.717) is 10.7 Å². The van der Waals surface area contributed by atoms with Gasteiger partial charge >= 0.3 is 5.97 Å². The predicted octanol–water partition coefficient (Wildman–Crippen LogP) is 5.44. The van der Waals surface area contributed by atoms with Crippen molar-refractivity contribution in [3.05, 3.63) is 0 Å². The van der Waals surface area contributed by atoms with Crippen molar-refractivity contribution in [3.8, 4) is 0 Å². The van der Waals surface area contributed by atoms with Crippen molar-refractivity contribution >= 4 is 62.5 Å². The van der Waals surface area contributed by atoms with Crippen LogP contribution in [0.4, 0.5) is 0 Å². The summed E-state index contributed by atoms with van der Waals surface area (Å²) in [6.07, 6.45) is 2.57. The smallest absolute Gasteiger partial charge is 0.323 e. The van der Waals surface area contributed by atoms with Crippen LogP contribution in [-0.2, 0) is 14.3 Å². The van der Waals surface area contributed by atoms with E-state index in [1.54, 1.807) is 6.92 Å². The van der Waals surface area contributed by atoms with Gasteiger partial charge in [0.15, 0.2) is 0 Å². The average Bonchev–Trinajstić information content (AvgIpc) is 2.25. The van der Waals surface area contributed by atoms with Crippen LogP contribution in [0.25, 0.3) is 0 Å². The molecule has 0 spiro atoms. The van der Waals surface area contributed by atoms with Crippen LogP contribution < -0.4 is 0 Å². The topological polar surface area (TPSA) is 43.4 Å². The van der Waals surface area contributed by atoms with E-state index in [0.717, 1.165) is 12.7 Å². The van der Waals surface area contributed by atoms with E-state index in [4.69, 9.17) is 4.74 Å². The van der Waals surface area contributed by atoms with Crippen molar-refractivity contribution in [2.24, 2.45) is 5.41 Å². The number of alkyl halides is 1. The molecule has 128 valence electrons. The number of ether oxygens (including phenoxy) is 1. The Morgan fingerprint density at radius 3 is 2.09 bits per heavy atom. The predicted molar refractivity (Wildman–Crippen MR) is 110 cm³/mol. The Morgan fingerprint density at radius 1 is 1.18 bits per heavy atom. The molecule has 0 saturated carbocycles. The monoisotopic (exact) mass is 504 g/mol. The molecular formula is C15H28BBrIO3P. The Bertz CT molecular complexity index is 408. The molecule has 7 heteroatoms. The molecule has 2 atom stereocenters. The van der Waals surface area contributed by atoms with Gasteiger partial charge < -0.3 is 4.74 Å². The second kappa shape index (κ2) is 8.80. The standard InChI is InChI=1S/C15H28BBrIO3P/c1-8-9-16(18)22-12(20)14(5,6)10-15(7,17)11(19)21-13(2,3)4/h22H,8-10H2,1-7H3. The molecule has 0 radical (unpaired) electrons. The van der Waals surface area contributed by atoms with Gasteiger partial charge in [-0.25, -0.2) is 0 Å². The fourth-order valence-electron chi connectivity index (χ4n) is 2.03. The lowest BCUT2D eigenvalue weighted by Crippen LogP contribution is -2.41. The van der Waals surface area contributed by atoms with E-state index < -0.39 is 15.3 Å². The Balaban J connectivity index is 4.86. The van der Waals surface area contributed by atoms with Crippen LogP contribution in [0.1, 0.15) is 61.3 Å². The highest BCUT2D eigenvalue weighted by Crippen LogP contribution is 2.42. The highest BCUT2D eigenvalue weighted by atomic mass is 127. The maximum Gasteiger partial charge on any atom is 0.323 e. The van der Waals surface area contributed by atoms with E-state index in [2.05, 4.69) is 45.2 Å². The molecule has 0 aromatic heterocycles. The molecule has 0 aliphatic rings. The van der Waals surface area contributed by atoms with Gasteiger partial charge in [0.1, 0.15) is 15.4 Å². The zero-order chi connectivity index (χ0) is 17.8. The fourth-order valence-corrected chi connectivity index (χ4v) is 5.48. The van der Waals surface area contributed by atoms with Gasteiger partial charge in [0.25, 0.3) is 4.29 Å². The highest BCUT2D eigenvalue weighted by molar-refractivity contribution is 14.1. The number of rotatable bonds is 8. The summed E-state index contributed by atoms with van der Waals surface area (Å²) in [4.78, 5) is 24.9. The van der Waals surface area contributed by atoms with Gasteiger partial charge in [-0.15, -0.1) is 22.4 Å². The van der Waals surface area contributed by atoms with Crippen LogP contribution in [-0.4, -0.2) is 25.7 Å². The minimum Gasteiger partial charge on any atom is -0.459 e. The molecule has 0 aliphatic carbocycles. The summed E-state index contributed by atoms with van der Waals surface area (Å²) in [7, 11) is 0.282. The van der Waals surface area contributed by atoms with Crippen LogP contribution in [0.15, 0.2) is 0 Å². The largest absolute Gasteiger partial charge is 0.459 e. The first-order valence-corrected chi connectivity index (χ1v) is 10.7. The van der Waals surface area contributed by atoms with Crippen molar-refractivity contribution in [1.82, 2.24) is 0 Å². The molecule has 0 aromatic carbocycles. The molecule has 0 saturated heterocycles. The summed E-state index contributed by atoms with van der Waals surface area (Å²) in [6.45, 7) is 13.3. The SMILES string of the molecule is CCCB(I)PC(=O)C(C)(C)CC(C)(Br)C(=O)OC(C)(C)C. The maximum atomic E-state index is 12.6. The molecular weight excluding hydrogens is 477 g/mol. The first-order chi connectivity index (χ1) is 9.71. The molecule has 0 bridgehead atoms. The third kappa shape index (κ3) is 8.63. The van der Waals surface area contributed by atoms with E-state index in [1.807, 2.05) is 34.6 Å². The van der Waals surface area contributed by atoms with Crippen LogP contribution >= 0.6 is 46.8 Å². The first kappa shape index (κ1) is 22.8. The molecule has 0 aliphatic heterocycles. The van der Waals surface area contributed by atoms with Gasteiger partial charge in [-0.2, -0.15) is 0 Å². The number of hydrogen-bond donors (Lipinski definition) is 0. The third-order valence-corrected chi connectivity index (χ3v) is 6.74. The third-order valence-electron chi connectivity index (χ3n) is 3.04. The van der Waals surface area contributed by atoms with Crippen molar-refractivity contribution in [2.75, 3.05) is 0 Å². The lowest BCUT2D eigenvalue weighted by Gasteiger charge is -2.33. The molecule has 0 N–H and O–H groups in total. The Hall–Kier alpha value is 0.845. The van der Waals surface area contributed by atoms with Crippen molar-refractivity contribution < 1.29 is 14.3 Å². The quantitative estimate of drug-likeness (QED) is 0.145. The van der Waals surface area contributed by atoms with Crippen molar-refractivity contribution in [2.45, 2.75) is 77.6 Å². The summed E-state index contributed by atoms with van der Waals surface area (Å²) in [5, 5.41) is 0. The molecule has 0 amide bonds. The minimum absolute atomic E-state index is 0.231. The van der Waals surface area contributed by atoms with Crippen LogP contribution in [0, 0.1) is 5.41 Å². The Kier molecular flexibility index (Phi) is 9.14. The molecule has 22 heavy (non-hydrogen) atoms. The van der Waals surface area contributed by atoms with E-state index in [9.17, 15) is 9.59 Å². The molecule has 3 nitrogen and oxygen atoms in total. The number of carbonyl (C=O) groups excluding carboxylic acids is 2. The van der Waals surface area contributed by atoms with Crippen molar-refractivity contribution in [3.63, 3.8) is 0 Å². The van der Waals surface area contributed by atoms with Gasteiger partial charge in [-0.05, 0) is 34.1 Å². The lowest BCUT2D eigenvalue weighted by molar-refractivity contribution is -0.158. The number of hydrogen-bond acceptors (Lipinski definition) is 3. The van der Waals surface area contributed by atoms with Gasteiger partial charge in [-0.3, -0.25) is 9.59 Å². The van der Waals surface area contributed by atoms with E-state index in [1.165, 1.54) is 0 Å². The van der Waals surface area contributed by atoms with Gasteiger partial charge in [0.2, 0.25) is 0 Å². The normalized spacial score (nSPS) is 15.7. The Labute approximate surface area is 159 Å². The zero-order valence-electron chi connectivity index (χ0n) is 14.7. The van der Waals surface area contributed by atoms with E-state index in [-0.39, 0.29) is 20.0 Å². The summed E-state index contributed by atoms with van der Waals surface area (Å²) >= 11 is 5.83. The first-order valence-electron chi connectivity index (χ1n) is 7.58. The molecule has 0 heterocycles. The van der Waals surface area contributed by atoms with Crippen LogP contribution in [0.5, 0.6) is 0 Å². The van der Waals surface area contributed by atoms with Crippen LogP contribution in [0.2, 0.25) is 6.32 Å². The average molecular weight is 505 g/mol. The summed E-state index contributed by atoms with van der Waals surface area (Å²) in [5.74, 6) is -0.316. The van der Waals surface area contributed by atoms with E-state index >= 15 is 0 Å². The number of halogens is 2. The van der Waals surface area contributed by atoms with Gasteiger partial charge in [0, 0.05) is 5.41 Å². The molecule has 2 unspecified atom stereocenters.